The van der Waals surface area contributed by atoms with Crippen LogP contribution in [0.2, 0.25) is 0 Å². The Balaban J connectivity index is 2.17. The lowest BCUT2D eigenvalue weighted by atomic mass is 10.1. The molecule has 1 aromatic heterocycles. The largest absolute Gasteiger partial charge is 0.493 e. The lowest BCUT2D eigenvalue weighted by molar-refractivity contribution is -0.0515. The van der Waals surface area contributed by atoms with Crippen molar-refractivity contribution >= 4 is 11.9 Å². The minimum atomic E-state index is -3.12. The van der Waals surface area contributed by atoms with E-state index in [9.17, 15) is 18.4 Å². The Morgan fingerprint density at radius 3 is 2.58 bits per heavy atom. The quantitative estimate of drug-likeness (QED) is 0.755. The van der Waals surface area contributed by atoms with Gasteiger partial charge in [-0.1, -0.05) is 6.07 Å². The van der Waals surface area contributed by atoms with Crippen LogP contribution in [0, 0.1) is 6.92 Å². The summed E-state index contributed by atoms with van der Waals surface area (Å²) in [5.41, 5.74) is 0.112. The third-order valence-corrected chi connectivity index (χ3v) is 3.45. The summed E-state index contributed by atoms with van der Waals surface area (Å²) in [6, 6.07) is 5.62. The molecule has 0 aliphatic heterocycles. The average molecular weight is 369 g/mol. The molecule has 0 saturated carbocycles. The van der Waals surface area contributed by atoms with Crippen LogP contribution >= 0.6 is 0 Å². The van der Waals surface area contributed by atoms with Gasteiger partial charge >= 0.3 is 12.6 Å². The van der Waals surface area contributed by atoms with Gasteiger partial charge in [0.25, 0.3) is 5.91 Å². The van der Waals surface area contributed by atoms with E-state index < -0.39 is 18.5 Å². The topological polar surface area (TPSA) is 87.0 Å². The van der Waals surface area contributed by atoms with Gasteiger partial charge in [-0.3, -0.25) is 4.79 Å². The van der Waals surface area contributed by atoms with Gasteiger partial charge in [-0.15, -0.1) is 0 Å². The molecule has 0 spiro atoms. The number of benzene rings is 1. The number of hydrogen-bond donors (Lipinski definition) is 1. The van der Waals surface area contributed by atoms with Crippen molar-refractivity contribution in [3.63, 3.8) is 0 Å². The molecule has 0 saturated heterocycles. The Bertz CT molecular complexity index is 803. The second kappa shape index (κ2) is 8.32. The Morgan fingerprint density at radius 1 is 1.23 bits per heavy atom. The molecule has 7 nitrogen and oxygen atoms in total. The second-order valence-electron chi connectivity index (χ2n) is 5.07. The minimum Gasteiger partial charge on any atom is -0.493 e. The predicted octanol–water partition coefficient (Wildman–Crippen LogP) is 2.91. The summed E-state index contributed by atoms with van der Waals surface area (Å²) in [6.45, 7) is -1.61. The number of halogens is 2. The number of rotatable bonds is 7. The molecule has 0 aliphatic carbocycles. The molecule has 26 heavy (non-hydrogen) atoms. The highest BCUT2D eigenvalue weighted by Gasteiger charge is 2.21. The smallest absolute Gasteiger partial charge is 0.387 e. The highest BCUT2D eigenvalue weighted by molar-refractivity contribution is 5.97. The molecule has 1 aromatic carbocycles. The fourth-order valence-electron chi connectivity index (χ4n) is 2.27. The van der Waals surface area contributed by atoms with Crippen LogP contribution in [-0.2, 0) is 11.3 Å². The van der Waals surface area contributed by atoms with Crippen LogP contribution in [0.25, 0.3) is 0 Å². The van der Waals surface area contributed by atoms with Crippen LogP contribution in [0.5, 0.6) is 11.5 Å². The number of nitrogens with one attached hydrogen (secondary N) is 1. The molecule has 0 fully saturated rings. The summed E-state index contributed by atoms with van der Waals surface area (Å²) >= 11 is 0. The van der Waals surface area contributed by atoms with Crippen molar-refractivity contribution in [1.29, 1.82) is 0 Å². The number of hydrogen-bond acceptors (Lipinski definition) is 6. The van der Waals surface area contributed by atoms with E-state index in [2.05, 4.69) is 14.8 Å². The highest BCUT2D eigenvalue weighted by atomic mass is 19.3. The highest BCUT2D eigenvalue weighted by Crippen LogP contribution is 2.32. The first-order chi connectivity index (χ1) is 12.4. The van der Waals surface area contributed by atoms with Crippen LogP contribution in [0.1, 0.15) is 32.2 Å². The molecular formula is C17H17F2NO6. The van der Waals surface area contributed by atoms with Gasteiger partial charge in [-0.25, -0.2) is 4.79 Å². The van der Waals surface area contributed by atoms with Crippen molar-refractivity contribution in [2.24, 2.45) is 0 Å². The third kappa shape index (κ3) is 4.29. The van der Waals surface area contributed by atoms with Crippen molar-refractivity contribution in [2.75, 3.05) is 14.2 Å². The van der Waals surface area contributed by atoms with E-state index in [1.807, 2.05) is 0 Å². The van der Waals surface area contributed by atoms with Crippen LogP contribution in [0.4, 0.5) is 8.78 Å². The zero-order valence-electron chi connectivity index (χ0n) is 14.3. The Hall–Kier alpha value is -3.10. The molecule has 1 N–H and O–H groups in total. The van der Waals surface area contributed by atoms with Gasteiger partial charge in [0.1, 0.15) is 17.1 Å². The summed E-state index contributed by atoms with van der Waals surface area (Å²) in [6.07, 6.45) is 0. The molecule has 0 bridgehead atoms. The summed E-state index contributed by atoms with van der Waals surface area (Å²) in [5.74, 6) is -0.967. The zero-order chi connectivity index (χ0) is 19.3. The third-order valence-electron chi connectivity index (χ3n) is 3.45. The Morgan fingerprint density at radius 2 is 1.96 bits per heavy atom. The van der Waals surface area contributed by atoms with Crippen molar-refractivity contribution in [2.45, 2.75) is 20.1 Å². The Kier molecular flexibility index (Phi) is 6.16. The standard InChI is InChI=1S/C17H17F2NO6/c1-9-12(16(22)24-3)7-10(25-9)8-20-15(21)11-5-4-6-13(23-2)14(11)26-17(18)19/h4-7,17H,8H2,1-3H3,(H,20,21). The molecule has 2 rings (SSSR count). The number of carbonyl (C=O) groups excluding carboxylic acids is 2. The maximum absolute atomic E-state index is 12.6. The number of alkyl halides is 2. The number of esters is 1. The number of para-hydroxylation sites is 1. The normalized spacial score (nSPS) is 10.5. The SMILES string of the molecule is COC(=O)c1cc(CNC(=O)c2cccc(OC)c2OC(F)F)oc1C. The summed E-state index contributed by atoms with van der Waals surface area (Å²) in [4.78, 5) is 23.9. The minimum absolute atomic E-state index is 0.000212. The van der Waals surface area contributed by atoms with Crippen molar-refractivity contribution in [3.8, 4) is 11.5 Å². The molecule has 0 unspecified atom stereocenters. The summed E-state index contributed by atoms with van der Waals surface area (Å²) in [5, 5.41) is 2.51. The van der Waals surface area contributed by atoms with Crippen molar-refractivity contribution in [3.05, 3.63) is 46.9 Å². The monoisotopic (exact) mass is 369 g/mol. The van der Waals surface area contributed by atoms with E-state index in [1.165, 1.54) is 38.5 Å². The number of ether oxygens (including phenoxy) is 3. The van der Waals surface area contributed by atoms with Gasteiger partial charge < -0.3 is 23.9 Å². The van der Waals surface area contributed by atoms with Gasteiger partial charge in [-0.05, 0) is 25.1 Å². The number of methoxy groups -OCH3 is 2. The van der Waals surface area contributed by atoms with Gasteiger partial charge in [0.05, 0.1) is 26.3 Å². The van der Waals surface area contributed by atoms with E-state index in [0.717, 1.165) is 0 Å². The average Bonchev–Trinajstić information content (AvgIpc) is 2.99. The number of carbonyl (C=O) groups is 2. The zero-order valence-corrected chi connectivity index (χ0v) is 14.3. The molecule has 1 amide bonds. The summed E-state index contributed by atoms with van der Waals surface area (Å²) < 4.78 is 44.6. The van der Waals surface area contributed by atoms with E-state index in [4.69, 9.17) is 9.15 Å². The van der Waals surface area contributed by atoms with E-state index >= 15 is 0 Å². The fraction of sp³-hybridized carbons (Fsp3) is 0.294. The number of furan rings is 1. The molecular weight excluding hydrogens is 352 g/mol. The number of aryl methyl sites for hydroxylation is 1. The Labute approximate surface area is 147 Å². The second-order valence-corrected chi connectivity index (χ2v) is 5.07. The van der Waals surface area contributed by atoms with Crippen molar-refractivity contribution in [1.82, 2.24) is 5.32 Å². The van der Waals surface area contributed by atoms with Crippen LogP contribution in [0.15, 0.2) is 28.7 Å². The van der Waals surface area contributed by atoms with Gasteiger partial charge in [-0.2, -0.15) is 8.78 Å². The lowest BCUT2D eigenvalue weighted by Crippen LogP contribution is -2.24. The van der Waals surface area contributed by atoms with Gasteiger partial charge in [0, 0.05) is 0 Å². The fourth-order valence-corrected chi connectivity index (χ4v) is 2.27. The van der Waals surface area contributed by atoms with Gasteiger partial charge in [0.15, 0.2) is 11.5 Å². The molecule has 140 valence electrons. The van der Waals surface area contributed by atoms with Crippen LogP contribution in [-0.4, -0.2) is 32.7 Å². The molecule has 0 aliphatic rings. The molecule has 1 heterocycles. The van der Waals surface area contributed by atoms with E-state index in [-0.39, 0.29) is 29.2 Å². The summed E-state index contributed by atoms with van der Waals surface area (Å²) in [7, 11) is 2.51. The van der Waals surface area contributed by atoms with Crippen LogP contribution < -0.4 is 14.8 Å². The first-order valence-corrected chi connectivity index (χ1v) is 7.45. The molecule has 9 heteroatoms. The first-order valence-electron chi connectivity index (χ1n) is 7.45. The lowest BCUT2D eigenvalue weighted by Gasteiger charge is -2.14. The molecule has 0 radical (unpaired) electrons. The van der Waals surface area contributed by atoms with Gasteiger partial charge in [0.2, 0.25) is 0 Å². The van der Waals surface area contributed by atoms with E-state index in [0.29, 0.717) is 11.5 Å². The van der Waals surface area contributed by atoms with Crippen LogP contribution in [0.3, 0.4) is 0 Å². The number of amides is 1. The first kappa shape index (κ1) is 19.2. The molecule has 2 aromatic rings. The predicted molar refractivity (Wildman–Crippen MR) is 85.6 cm³/mol. The van der Waals surface area contributed by atoms with Crippen molar-refractivity contribution < 1.29 is 37.0 Å². The maximum atomic E-state index is 12.6. The molecule has 0 atom stereocenters. The van der Waals surface area contributed by atoms with E-state index in [1.54, 1.807) is 6.92 Å². The maximum Gasteiger partial charge on any atom is 0.387 e.